The summed E-state index contributed by atoms with van der Waals surface area (Å²) in [5.41, 5.74) is 1.62. The van der Waals surface area contributed by atoms with Crippen molar-refractivity contribution in [3.8, 4) is 0 Å². The summed E-state index contributed by atoms with van der Waals surface area (Å²) in [7, 11) is 0. The number of ether oxygens (including phenoxy) is 1. The molecule has 5 aliphatic rings. The van der Waals surface area contributed by atoms with Crippen molar-refractivity contribution in [1.82, 2.24) is 0 Å². The topological polar surface area (TPSA) is 43.4 Å². The van der Waals surface area contributed by atoms with Crippen LogP contribution < -0.4 is 0 Å². The van der Waals surface area contributed by atoms with Crippen LogP contribution in [0.3, 0.4) is 0 Å². The summed E-state index contributed by atoms with van der Waals surface area (Å²) >= 11 is 0. The third-order valence-electron chi connectivity index (χ3n) is 9.95. The first-order chi connectivity index (χ1) is 14.0. The van der Waals surface area contributed by atoms with Crippen LogP contribution in [0.5, 0.6) is 0 Å². The minimum atomic E-state index is 0.0682. The number of fused-ring (bicyclic) bond motifs is 5. The molecule has 160 valence electrons. The maximum absolute atomic E-state index is 12.9. The first kappa shape index (κ1) is 19.8. The number of rotatable bonds is 3. The van der Waals surface area contributed by atoms with Gasteiger partial charge in [0.05, 0.1) is 5.92 Å². The molecule has 0 N–H and O–H groups in total. The fourth-order valence-electron chi connectivity index (χ4n) is 8.22. The number of carbonyl (C=O) groups excluding carboxylic acids is 2. The number of hydrogen-bond donors (Lipinski definition) is 0. The minimum Gasteiger partial charge on any atom is -0.462 e. The number of carbonyl (C=O) groups is 2. The van der Waals surface area contributed by atoms with Gasteiger partial charge in [-0.25, -0.2) is 0 Å². The summed E-state index contributed by atoms with van der Waals surface area (Å²) in [5, 5.41) is 0. The van der Waals surface area contributed by atoms with Gasteiger partial charge in [0.15, 0.2) is 5.78 Å². The van der Waals surface area contributed by atoms with Crippen LogP contribution in [0.4, 0.5) is 0 Å². The molecule has 5 rings (SSSR count). The highest BCUT2D eigenvalue weighted by molar-refractivity contribution is 5.91. The van der Waals surface area contributed by atoms with Gasteiger partial charge in [-0.3, -0.25) is 9.59 Å². The van der Waals surface area contributed by atoms with Gasteiger partial charge in [0.2, 0.25) is 0 Å². The molecule has 0 saturated heterocycles. The predicted molar refractivity (Wildman–Crippen MR) is 113 cm³/mol. The average Bonchev–Trinajstić information content (AvgIpc) is 3.35. The van der Waals surface area contributed by atoms with E-state index in [4.69, 9.17) is 4.74 Å². The third-order valence-corrected chi connectivity index (χ3v) is 9.95. The van der Waals surface area contributed by atoms with Crippen LogP contribution in [0, 0.1) is 40.9 Å². The van der Waals surface area contributed by atoms with Gasteiger partial charge in [-0.2, -0.15) is 0 Å². The molecule has 0 amide bonds. The van der Waals surface area contributed by atoms with Crippen molar-refractivity contribution < 1.29 is 14.3 Å². The van der Waals surface area contributed by atoms with Crippen molar-refractivity contribution in [3.05, 3.63) is 11.6 Å². The lowest BCUT2D eigenvalue weighted by Gasteiger charge is -2.53. The molecule has 29 heavy (non-hydrogen) atoms. The molecule has 0 aromatic rings. The van der Waals surface area contributed by atoms with Gasteiger partial charge < -0.3 is 4.74 Å². The molecule has 4 saturated carbocycles. The number of allylic oxidation sites excluding steroid dienone is 1. The second-order valence-electron chi connectivity index (χ2n) is 11.2. The quantitative estimate of drug-likeness (QED) is 0.559. The van der Waals surface area contributed by atoms with Gasteiger partial charge in [0.25, 0.3) is 0 Å². The third kappa shape index (κ3) is 3.31. The Morgan fingerprint density at radius 1 is 1.03 bits per heavy atom. The monoisotopic (exact) mass is 398 g/mol. The fraction of sp³-hybridized carbons (Fsp3) is 0.846. The molecule has 0 radical (unpaired) electrons. The van der Waals surface area contributed by atoms with Crippen LogP contribution in [-0.4, -0.2) is 17.9 Å². The molecule has 0 aromatic heterocycles. The molecule has 0 spiro atoms. The SMILES string of the molecule is CC(C(=O)O[C@H]1CC[C@H]2[C@@H]3CCC4=CC(=O)CC[C@@H]4[C@H]3CC[C@]12C)C1CCCC1. The van der Waals surface area contributed by atoms with E-state index >= 15 is 0 Å². The molecule has 0 bridgehead atoms. The minimum absolute atomic E-state index is 0.0682. The summed E-state index contributed by atoms with van der Waals surface area (Å²) in [5.74, 6) is 3.90. The van der Waals surface area contributed by atoms with Crippen molar-refractivity contribution in [2.24, 2.45) is 40.9 Å². The second kappa shape index (κ2) is 7.54. The highest BCUT2D eigenvalue weighted by Gasteiger charge is 2.57. The van der Waals surface area contributed by atoms with E-state index in [1.54, 1.807) is 0 Å². The van der Waals surface area contributed by atoms with E-state index in [1.165, 1.54) is 56.9 Å². The molecule has 7 atom stereocenters. The van der Waals surface area contributed by atoms with Crippen molar-refractivity contribution in [3.63, 3.8) is 0 Å². The van der Waals surface area contributed by atoms with Crippen LogP contribution in [0.15, 0.2) is 11.6 Å². The molecule has 1 unspecified atom stereocenters. The Hall–Kier alpha value is -1.12. The highest BCUT2D eigenvalue weighted by atomic mass is 16.5. The summed E-state index contributed by atoms with van der Waals surface area (Å²) < 4.78 is 6.26. The van der Waals surface area contributed by atoms with E-state index in [1.807, 2.05) is 6.08 Å². The number of ketones is 1. The molecule has 5 aliphatic carbocycles. The van der Waals surface area contributed by atoms with Gasteiger partial charge in [-0.05, 0) is 93.5 Å². The average molecular weight is 399 g/mol. The smallest absolute Gasteiger partial charge is 0.309 e. The van der Waals surface area contributed by atoms with E-state index in [0.29, 0.717) is 23.5 Å². The number of esters is 1. The summed E-state index contributed by atoms with van der Waals surface area (Å²) in [6.45, 7) is 4.53. The van der Waals surface area contributed by atoms with Crippen LogP contribution in [-0.2, 0) is 14.3 Å². The van der Waals surface area contributed by atoms with E-state index in [-0.39, 0.29) is 23.4 Å². The zero-order chi connectivity index (χ0) is 20.2. The molecule has 0 heterocycles. The summed E-state index contributed by atoms with van der Waals surface area (Å²) in [4.78, 5) is 24.8. The van der Waals surface area contributed by atoms with E-state index in [9.17, 15) is 9.59 Å². The standard InChI is InChI=1S/C26H38O3/c1-16(17-5-3-4-6-17)25(28)29-24-12-11-23-22-9-7-18-15-19(27)8-10-20(18)21(22)13-14-26(23,24)2/h15-17,20-24H,3-14H2,1-2H3/t16?,20-,21+,22+,23-,24-,26-/m0/s1. The van der Waals surface area contributed by atoms with E-state index < -0.39 is 0 Å². The van der Waals surface area contributed by atoms with E-state index in [2.05, 4.69) is 13.8 Å². The maximum Gasteiger partial charge on any atom is 0.309 e. The zero-order valence-corrected chi connectivity index (χ0v) is 18.3. The highest BCUT2D eigenvalue weighted by Crippen LogP contribution is 2.62. The van der Waals surface area contributed by atoms with Gasteiger partial charge in [0.1, 0.15) is 6.10 Å². The van der Waals surface area contributed by atoms with Crippen molar-refractivity contribution in [2.75, 3.05) is 0 Å². The first-order valence-electron chi connectivity index (χ1n) is 12.4. The summed E-state index contributed by atoms with van der Waals surface area (Å²) in [6.07, 6.45) is 15.9. The first-order valence-corrected chi connectivity index (χ1v) is 12.4. The molecule has 3 nitrogen and oxygen atoms in total. The van der Waals surface area contributed by atoms with Gasteiger partial charge in [-0.15, -0.1) is 0 Å². The Balaban J connectivity index is 1.28. The lowest BCUT2D eigenvalue weighted by molar-refractivity contribution is -0.165. The van der Waals surface area contributed by atoms with Crippen LogP contribution in [0.1, 0.15) is 90.9 Å². The van der Waals surface area contributed by atoms with Crippen LogP contribution >= 0.6 is 0 Å². The fourth-order valence-corrected chi connectivity index (χ4v) is 8.22. The van der Waals surface area contributed by atoms with E-state index in [0.717, 1.165) is 37.5 Å². The Morgan fingerprint density at radius 2 is 1.83 bits per heavy atom. The molecule has 0 aliphatic heterocycles. The molecular weight excluding hydrogens is 360 g/mol. The molecule has 3 heteroatoms. The van der Waals surface area contributed by atoms with Gasteiger partial charge in [0, 0.05) is 11.8 Å². The Labute approximate surface area is 176 Å². The zero-order valence-electron chi connectivity index (χ0n) is 18.3. The Kier molecular flexibility index (Phi) is 5.15. The molecule has 0 aromatic carbocycles. The Morgan fingerprint density at radius 3 is 2.62 bits per heavy atom. The maximum atomic E-state index is 12.9. The van der Waals surface area contributed by atoms with Crippen molar-refractivity contribution in [2.45, 2.75) is 97.0 Å². The van der Waals surface area contributed by atoms with Crippen molar-refractivity contribution in [1.29, 1.82) is 0 Å². The normalized spacial score (nSPS) is 43.2. The van der Waals surface area contributed by atoms with Crippen molar-refractivity contribution >= 4 is 11.8 Å². The van der Waals surface area contributed by atoms with Crippen LogP contribution in [0.2, 0.25) is 0 Å². The second-order valence-corrected chi connectivity index (χ2v) is 11.2. The lowest BCUT2D eigenvalue weighted by Crippen LogP contribution is -2.48. The van der Waals surface area contributed by atoms with Gasteiger partial charge in [-0.1, -0.05) is 32.3 Å². The molecular formula is C26H38O3. The Bertz CT molecular complexity index is 703. The van der Waals surface area contributed by atoms with Gasteiger partial charge >= 0.3 is 5.97 Å². The summed E-state index contributed by atoms with van der Waals surface area (Å²) in [6, 6.07) is 0. The number of hydrogen-bond acceptors (Lipinski definition) is 3. The predicted octanol–water partition coefficient (Wildman–Crippen LogP) is 5.87. The van der Waals surface area contributed by atoms with Crippen LogP contribution in [0.25, 0.3) is 0 Å². The lowest BCUT2D eigenvalue weighted by atomic mass is 9.52. The largest absolute Gasteiger partial charge is 0.462 e. The molecule has 4 fully saturated rings.